The van der Waals surface area contributed by atoms with Crippen molar-refractivity contribution in [1.82, 2.24) is 9.97 Å². The summed E-state index contributed by atoms with van der Waals surface area (Å²) in [6, 6.07) is 4.03. The molecule has 0 aromatic carbocycles. The lowest BCUT2D eigenvalue weighted by Crippen LogP contribution is -1.97. The number of halogens is 2. The van der Waals surface area contributed by atoms with Gasteiger partial charge in [0.1, 0.15) is 5.69 Å². The fourth-order valence-corrected chi connectivity index (χ4v) is 2.99. The standard InChI is InChI=1S/C8H7Br2N3S/c9-6-2-1-5(14-6)7-4(3-11)12-8(10)13-7/h1-2H,3,11H2,(H,12,13). The van der Waals surface area contributed by atoms with Crippen molar-refractivity contribution in [3.63, 3.8) is 0 Å². The molecule has 14 heavy (non-hydrogen) atoms. The molecule has 0 aliphatic carbocycles. The Morgan fingerprint density at radius 2 is 2.21 bits per heavy atom. The smallest absolute Gasteiger partial charge is 0.175 e. The number of H-pyrrole nitrogens is 1. The summed E-state index contributed by atoms with van der Waals surface area (Å²) in [4.78, 5) is 8.52. The lowest BCUT2D eigenvalue weighted by Gasteiger charge is -1.94. The van der Waals surface area contributed by atoms with E-state index in [-0.39, 0.29) is 0 Å². The zero-order valence-electron chi connectivity index (χ0n) is 7.05. The molecule has 0 amide bonds. The second-order valence-corrected chi connectivity index (χ2v) is 5.88. The largest absolute Gasteiger partial charge is 0.335 e. The summed E-state index contributed by atoms with van der Waals surface area (Å²) in [6.45, 7) is 0.462. The maximum atomic E-state index is 5.61. The van der Waals surface area contributed by atoms with Gasteiger partial charge in [0.25, 0.3) is 0 Å². The summed E-state index contributed by atoms with van der Waals surface area (Å²) < 4.78 is 1.81. The Hall–Kier alpha value is -0.170. The van der Waals surface area contributed by atoms with Crippen LogP contribution in [-0.2, 0) is 6.54 Å². The molecule has 0 radical (unpaired) electrons. The molecule has 0 saturated heterocycles. The third-order valence-electron chi connectivity index (χ3n) is 1.76. The maximum Gasteiger partial charge on any atom is 0.175 e. The highest BCUT2D eigenvalue weighted by Gasteiger charge is 2.11. The molecule has 0 fully saturated rings. The van der Waals surface area contributed by atoms with Crippen LogP contribution in [0.15, 0.2) is 20.7 Å². The lowest BCUT2D eigenvalue weighted by molar-refractivity contribution is 1.01. The molecule has 0 bridgehead atoms. The van der Waals surface area contributed by atoms with Gasteiger partial charge < -0.3 is 10.7 Å². The van der Waals surface area contributed by atoms with E-state index in [2.05, 4.69) is 41.8 Å². The average Bonchev–Trinajstić information content (AvgIpc) is 2.71. The number of nitrogens with two attached hydrogens (primary N) is 1. The molecule has 74 valence electrons. The minimum Gasteiger partial charge on any atom is -0.335 e. The maximum absolute atomic E-state index is 5.61. The highest BCUT2D eigenvalue weighted by molar-refractivity contribution is 9.11. The van der Waals surface area contributed by atoms with Crippen molar-refractivity contribution < 1.29 is 0 Å². The van der Waals surface area contributed by atoms with E-state index in [1.165, 1.54) is 0 Å². The summed E-state index contributed by atoms with van der Waals surface area (Å²) in [5, 5.41) is 0. The normalized spacial score (nSPS) is 10.8. The Bertz CT molecular complexity index is 449. The van der Waals surface area contributed by atoms with E-state index in [0.29, 0.717) is 6.54 Å². The van der Waals surface area contributed by atoms with Crippen LogP contribution in [0, 0.1) is 0 Å². The van der Waals surface area contributed by atoms with Crippen molar-refractivity contribution in [2.45, 2.75) is 6.54 Å². The van der Waals surface area contributed by atoms with Crippen LogP contribution in [0.25, 0.3) is 10.6 Å². The first-order valence-electron chi connectivity index (χ1n) is 3.91. The summed E-state index contributed by atoms with van der Waals surface area (Å²) in [5.74, 6) is 0. The van der Waals surface area contributed by atoms with Crippen LogP contribution < -0.4 is 5.73 Å². The number of hydrogen-bond acceptors (Lipinski definition) is 3. The van der Waals surface area contributed by atoms with E-state index in [0.717, 1.165) is 24.8 Å². The zero-order valence-corrected chi connectivity index (χ0v) is 11.0. The number of aromatic amines is 1. The number of rotatable bonds is 2. The number of thiophene rings is 1. The van der Waals surface area contributed by atoms with Crippen LogP contribution >= 0.6 is 43.2 Å². The average molecular weight is 337 g/mol. The van der Waals surface area contributed by atoms with Gasteiger partial charge in [-0.15, -0.1) is 11.3 Å². The van der Waals surface area contributed by atoms with Crippen LogP contribution in [0.2, 0.25) is 0 Å². The van der Waals surface area contributed by atoms with E-state index in [1.807, 2.05) is 12.1 Å². The van der Waals surface area contributed by atoms with E-state index in [9.17, 15) is 0 Å². The predicted octanol–water partition coefficient (Wildman–Crippen LogP) is 3.12. The number of aromatic nitrogens is 2. The minimum absolute atomic E-state index is 0.462. The second-order valence-electron chi connectivity index (χ2n) is 2.66. The van der Waals surface area contributed by atoms with E-state index in [4.69, 9.17) is 5.73 Å². The van der Waals surface area contributed by atoms with Crippen molar-refractivity contribution >= 4 is 43.2 Å². The summed E-state index contributed by atoms with van der Waals surface area (Å²) in [6.07, 6.45) is 0. The molecule has 0 unspecified atom stereocenters. The molecular weight excluding hydrogens is 330 g/mol. The van der Waals surface area contributed by atoms with Crippen molar-refractivity contribution in [3.8, 4) is 10.6 Å². The van der Waals surface area contributed by atoms with Crippen molar-refractivity contribution in [2.75, 3.05) is 0 Å². The molecule has 2 aromatic rings. The van der Waals surface area contributed by atoms with Crippen LogP contribution in [0.3, 0.4) is 0 Å². The van der Waals surface area contributed by atoms with Crippen LogP contribution in [0.4, 0.5) is 0 Å². The number of imidazole rings is 1. The predicted molar refractivity (Wildman–Crippen MR) is 65.2 cm³/mol. The van der Waals surface area contributed by atoms with E-state index >= 15 is 0 Å². The topological polar surface area (TPSA) is 54.7 Å². The van der Waals surface area contributed by atoms with Gasteiger partial charge in [0.2, 0.25) is 0 Å². The first-order chi connectivity index (χ1) is 6.70. The Kier molecular flexibility index (Phi) is 3.06. The SMILES string of the molecule is NCc1[nH]c(Br)nc1-c1ccc(Br)s1. The van der Waals surface area contributed by atoms with Crippen molar-refractivity contribution in [3.05, 3.63) is 26.3 Å². The quantitative estimate of drug-likeness (QED) is 0.885. The summed E-state index contributed by atoms with van der Waals surface area (Å²) >= 11 is 8.36. The van der Waals surface area contributed by atoms with E-state index in [1.54, 1.807) is 11.3 Å². The van der Waals surface area contributed by atoms with Crippen molar-refractivity contribution in [1.29, 1.82) is 0 Å². The molecule has 2 aromatic heterocycles. The fraction of sp³-hybridized carbons (Fsp3) is 0.125. The van der Waals surface area contributed by atoms with Gasteiger partial charge >= 0.3 is 0 Å². The molecule has 0 atom stereocenters. The van der Waals surface area contributed by atoms with Gasteiger partial charge in [-0.1, -0.05) is 0 Å². The first-order valence-corrected chi connectivity index (χ1v) is 6.31. The van der Waals surface area contributed by atoms with Gasteiger partial charge in [0.15, 0.2) is 4.73 Å². The van der Waals surface area contributed by atoms with Gasteiger partial charge in [-0.3, -0.25) is 0 Å². The van der Waals surface area contributed by atoms with Gasteiger partial charge in [-0.05, 0) is 44.0 Å². The molecule has 3 nitrogen and oxygen atoms in total. The highest BCUT2D eigenvalue weighted by Crippen LogP contribution is 2.32. The van der Waals surface area contributed by atoms with E-state index < -0.39 is 0 Å². The van der Waals surface area contributed by atoms with Crippen LogP contribution in [0.5, 0.6) is 0 Å². The Morgan fingerprint density at radius 1 is 1.43 bits per heavy atom. The Labute approximate surface area is 102 Å². The van der Waals surface area contributed by atoms with Gasteiger partial charge in [0.05, 0.1) is 14.4 Å². The lowest BCUT2D eigenvalue weighted by atomic mass is 10.3. The minimum atomic E-state index is 0.462. The van der Waals surface area contributed by atoms with Gasteiger partial charge in [-0.25, -0.2) is 4.98 Å². The Morgan fingerprint density at radius 3 is 2.79 bits per heavy atom. The fourth-order valence-electron chi connectivity index (χ4n) is 1.17. The monoisotopic (exact) mass is 335 g/mol. The summed E-state index contributed by atoms with van der Waals surface area (Å²) in [5.41, 5.74) is 7.49. The molecular formula is C8H7Br2N3S. The molecule has 3 N–H and O–H groups in total. The molecule has 0 saturated carbocycles. The third-order valence-corrected chi connectivity index (χ3v) is 3.77. The molecule has 0 spiro atoms. The Balaban J connectivity index is 2.49. The summed E-state index contributed by atoms with van der Waals surface area (Å²) in [7, 11) is 0. The molecule has 0 aliphatic rings. The number of hydrogen-bond donors (Lipinski definition) is 2. The second kappa shape index (κ2) is 4.14. The number of nitrogens with zero attached hydrogens (tertiary/aromatic N) is 1. The molecule has 2 rings (SSSR count). The van der Waals surface area contributed by atoms with Crippen LogP contribution in [0.1, 0.15) is 5.69 Å². The zero-order chi connectivity index (χ0) is 10.1. The number of nitrogens with one attached hydrogen (secondary N) is 1. The van der Waals surface area contributed by atoms with Crippen LogP contribution in [-0.4, -0.2) is 9.97 Å². The highest BCUT2D eigenvalue weighted by atomic mass is 79.9. The molecule has 2 heterocycles. The van der Waals surface area contributed by atoms with Gasteiger partial charge in [-0.2, -0.15) is 0 Å². The molecule has 6 heteroatoms. The van der Waals surface area contributed by atoms with Gasteiger partial charge in [0, 0.05) is 6.54 Å². The first kappa shape index (κ1) is 10.4. The third kappa shape index (κ3) is 1.93. The molecule has 0 aliphatic heterocycles. The van der Waals surface area contributed by atoms with Crippen molar-refractivity contribution in [2.24, 2.45) is 5.73 Å².